The zero-order chi connectivity index (χ0) is 28.5. The molecule has 210 valence electrons. The van der Waals surface area contributed by atoms with Gasteiger partial charge >= 0.3 is 6.18 Å². The maximum Gasteiger partial charge on any atom is 0.416 e. The van der Waals surface area contributed by atoms with Crippen molar-refractivity contribution in [1.29, 1.82) is 0 Å². The average molecular weight is 572 g/mol. The van der Waals surface area contributed by atoms with Crippen LogP contribution in [0.2, 0.25) is 0 Å². The molecule has 1 fully saturated rings. The summed E-state index contributed by atoms with van der Waals surface area (Å²) < 4.78 is 103. The molecule has 0 radical (unpaired) electrons. The van der Waals surface area contributed by atoms with Crippen LogP contribution in [0.5, 0.6) is 5.88 Å². The number of pyridine rings is 1. The van der Waals surface area contributed by atoms with Crippen LogP contribution in [0.4, 0.5) is 27.8 Å². The van der Waals surface area contributed by atoms with E-state index in [-0.39, 0.29) is 29.9 Å². The van der Waals surface area contributed by atoms with Gasteiger partial charge in [-0.3, -0.25) is 4.72 Å². The molecule has 0 spiro atoms. The van der Waals surface area contributed by atoms with E-state index >= 15 is 4.39 Å². The van der Waals surface area contributed by atoms with Crippen LogP contribution >= 0.6 is 0 Å². The number of hydrogen-bond donors (Lipinski definition) is 1. The number of hydrogen-bond acceptors (Lipinski definition) is 7. The lowest BCUT2D eigenvalue weighted by molar-refractivity contribution is -0.137. The van der Waals surface area contributed by atoms with Gasteiger partial charge in [-0.05, 0) is 76.0 Å². The number of sulfonamides is 1. The first-order valence-electron chi connectivity index (χ1n) is 11.9. The summed E-state index contributed by atoms with van der Waals surface area (Å²) in [5.41, 5.74) is -0.972. The lowest BCUT2D eigenvalue weighted by atomic mass is 9.78. The fourth-order valence-electron chi connectivity index (χ4n) is 4.70. The highest BCUT2D eigenvalue weighted by Crippen LogP contribution is 2.40. The quantitative estimate of drug-likeness (QED) is 0.402. The van der Waals surface area contributed by atoms with Gasteiger partial charge in [0.1, 0.15) is 29.0 Å². The summed E-state index contributed by atoms with van der Waals surface area (Å²) in [7, 11) is -0.756. The van der Waals surface area contributed by atoms with E-state index < -0.39 is 62.2 Å². The molecule has 1 aliphatic carbocycles. The van der Waals surface area contributed by atoms with E-state index in [4.69, 9.17) is 4.74 Å². The van der Waals surface area contributed by atoms with Crippen molar-refractivity contribution in [3.8, 4) is 5.88 Å². The molecule has 0 unspecified atom stereocenters. The molecular weight excluding hydrogens is 545 g/mol. The standard InChI is InChI=1S/C25H26F5N5O3S/c1-14-22(39(36,37)34-23-8-9-31-13-32-23)12-19(27)24(33-14)38-21-7-4-15(10-20(21)35(2)3)17-11-16(25(28,29)30)5-6-18(17)26/h5-6,8-9,11-13,15,20-21H,4,7,10H2,1-3H3,(H,31,32,34)/t15-,20-,21-/m0/s1. The third-order valence-electron chi connectivity index (χ3n) is 6.64. The molecule has 0 amide bonds. The zero-order valence-electron chi connectivity index (χ0n) is 21.2. The number of alkyl halides is 3. The average Bonchev–Trinajstić information content (AvgIpc) is 2.86. The molecule has 1 N–H and O–H groups in total. The van der Waals surface area contributed by atoms with E-state index in [0.717, 1.165) is 24.5 Å². The molecule has 39 heavy (non-hydrogen) atoms. The second-order valence-electron chi connectivity index (χ2n) is 9.49. The third kappa shape index (κ3) is 6.44. The molecule has 14 heteroatoms. The molecule has 4 rings (SSSR count). The molecule has 8 nitrogen and oxygen atoms in total. The van der Waals surface area contributed by atoms with Crippen LogP contribution in [0.15, 0.2) is 47.8 Å². The summed E-state index contributed by atoms with van der Waals surface area (Å²) in [6.07, 6.45) is -1.92. The Kier molecular flexibility index (Phi) is 8.07. The van der Waals surface area contributed by atoms with Gasteiger partial charge in [0, 0.05) is 18.3 Å². The minimum atomic E-state index is -4.60. The smallest absolute Gasteiger partial charge is 0.416 e. The van der Waals surface area contributed by atoms with Crippen LogP contribution in [-0.4, -0.2) is 54.5 Å². The van der Waals surface area contributed by atoms with E-state index in [2.05, 4.69) is 19.7 Å². The highest BCUT2D eigenvalue weighted by atomic mass is 32.2. The molecule has 1 aliphatic rings. The van der Waals surface area contributed by atoms with Crippen molar-refractivity contribution in [2.24, 2.45) is 0 Å². The Morgan fingerprint density at radius 3 is 2.46 bits per heavy atom. The Morgan fingerprint density at radius 2 is 1.82 bits per heavy atom. The highest BCUT2D eigenvalue weighted by Gasteiger charge is 2.38. The Hall–Kier alpha value is -3.39. The third-order valence-corrected chi connectivity index (χ3v) is 8.11. The number of anilines is 1. The number of aromatic nitrogens is 3. The van der Waals surface area contributed by atoms with Gasteiger partial charge in [-0.25, -0.2) is 32.2 Å². The van der Waals surface area contributed by atoms with E-state index in [1.54, 1.807) is 19.0 Å². The summed E-state index contributed by atoms with van der Waals surface area (Å²) in [5.74, 6) is -2.66. The largest absolute Gasteiger partial charge is 0.471 e. The number of aryl methyl sites for hydroxylation is 1. The van der Waals surface area contributed by atoms with Crippen molar-refractivity contribution in [2.45, 2.75) is 55.3 Å². The van der Waals surface area contributed by atoms with Crippen LogP contribution in [-0.2, 0) is 16.2 Å². The summed E-state index contributed by atoms with van der Waals surface area (Å²) in [5, 5.41) is 0. The number of rotatable bonds is 7. The van der Waals surface area contributed by atoms with Crippen molar-refractivity contribution in [1.82, 2.24) is 19.9 Å². The number of nitrogens with zero attached hydrogens (tertiary/aromatic N) is 4. The molecule has 2 aromatic heterocycles. The van der Waals surface area contributed by atoms with Crippen molar-refractivity contribution in [3.63, 3.8) is 0 Å². The van der Waals surface area contributed by atoms with E-state index in [1.807, 2.05) is 0 Å². The summed E-state index contributed by atoms with van der Waals surface area (Å²) in [4.78, 5) is 12.9. The molecule has 3 atom stereocenters. The number of benzene rings is 1. The van der Waals surface area contributed by atoms with E-state index in [0.29, 0.717) is 12.5 Å². The van der Waals surface area contributed by atoms with Crippen molar-refractivity contribution in [3.05, 3.63) is 71.3 Å². The summed E-state index contributed by atoms with van der Waals surface area (Å²) >= 11 is 0. The highest BCUT2D eigenvalue weighted by molar-refractivity contribution is 7.92. The first-order valence-corrected chi connectivity index (χ1v) is 13.4. The maximum absolute atomic E-state index is 15.1. The molecule has 0 bridgehead atoms. The molecule has 0 saturated heterocycles. The molecule has 3 aromatic rings. The van der Waals surface area contributed by atoms with Gasteiger partial charge in [0.05, 0.1) is 11.3 Å². The topological polar surface area (TPSA) is 97.3 Å². The van der Waals surface area contributed by atoms with Crippen molar-refractivity contribution >= 4 is 15.8 Å². The van der Waals surface area contributed by atoms with Crippen molar-refractivity contribution < 1.29 is 35.1 Å². The summed E-state index contributed by atoms with van der Waals surface area (Å²) in [6, 6.07) is 4.09. The van der Waals surface area contributed by atoms with Gasteiger partial charge in [-0.2, -0.15) is 13.2 Å². The Balaban J connectivity index is 1.55. The molecular formula is C25H26F5N5O3S. The van der Waals surface area contributed by atoms with Crippen LogP contribution in [0.1, 0.15) is 42.0 Å². The van der Waals surface area contributed by atoms with E-state index in [9.17, 15) is 26.0 Å². The number of nitrogens with one attached hydrogen (secondary N) is 1. The van der Waals surface area contributed by atoms with Gasteiger partial charge < -0.3 is 9.64 Å². The van der Waals surface area contributed by atoms with Crippen LogP contribution in [0, 0.1) is 18.6 Å². The molecule has 1 aromatic carbocycles. The van der Waals surface area contributed by atoms with Crippen LogP contribution in [0.25, 0.3) is 0 Å². The van der Waals surface area contributed by atoms with Crippen LogP contribution < -0.4 is 9.46 Å². The fourth-order valence-corrected chi connectivity index (χ4v) is 5.90. The normalized spacial score (nSPS) is 20.2. The predicted molar refractivity (Wildman–Crippen MR) is 132 cm³/mol. The van der Waals surface area contributed by atoms with Gasteiger partial charge in [-0.1, -0.05) is 0 Å². The second-order valence-corrected chi connectivity index (χ2v) is 11.1. The zero-order valence-corrected chi connectivity index (χ0v) is 22.0. The molecule has 2 heterocycles. The Morgan fingerprint density at radius 1 is 1.08 bits per heavy atom. The Bertz CT molecular complexity index is 1440. The van der Waals surface area contributed by atoms with E-state index in [1.165, 1.54) is 19.2 Å². The van der Waals surface area contributed by atoms with Gasteiger partial charge in [-0.15, -0.1) is 0 Å². The number of halogens is 5. The van der Waals surface area contributed by atoms with Gasteiger partial charge in [0.25, 0.3) is 15.9 Å². The SMILES string of the molecule is Cc1nc(O[C@H]2CC[C@H](c3cc(C(F)(F)F)ccc3F)C[C@@H]2N(C)C)c(F)cc1S(=O)(=O)Nc1ccncn1. The first-order chi connectivity index (χ1) is 18.3. The second kappa shape index (κ2) is 11.0. The lowest BCUT2D eigenvalue weighted by Gasteiger charge is -2.39. The number of ether oxygens (including phenoxy) is 1. The summed E-state index contributed by atoms with van der Waals surface area (Å²) in [6.45, 7) is 1.39. The maximum atomic E-state index is 15.1. The van der Waals surface area contributed by atoms with Crippen molar-refractivity contribution in [2.75, 3.05) is 18.8 Å². The van der Waals surface area contributed by atoms with Crippen LogP contribution in [0.3, 0.4) is 0 Å². The minimum Gasteiger partial charge on any atom is -0.471 e. The minimum absolute atomic E-state index is 0.00655. The molecule has 0 aliphatic heterocycles. The first kappa shape index (κ1) is 28.6. The lowest BCUT2D eigenvalue weighted by Crippen LogP contribution is -2.46. The monoisotopic (exact) mass is 571 g/mol. The Labute approximate surface area is 222 Å². The molecule has 1 saturated carbocycles. The number of likely N-dealkylation sites (N-methyl/N-ethyl adjacent to an activating group) is 1. The van der Waals surface area contributed by atoms with Gasteiger partial charge in [0.2, 0.25) is 0 Å². The fraction of sp³-hybridized carbons (Fsp3) is 0.400. The predicted octanol–water partition coefficient (Wildman–Crippen LogP) is 4.92. The van der Waals surface area contributed by atoms with Gasteiger partial charge in [0.15, 0.2) is 5.82 Å².